The van der Waals surface area contributed by atoms with Gasteiger partial charge in [-0.2, -0.15) is 0 Å². The molecule has 0 saturated heterocycles. The topological polar surface area (TPSA) is 89.0 Å². The number of fused-ring (bicyclic) bond motifs is 2. The van der Waals surface area contributed by atoms with E-state index in [0.29, 0.717) is 11.4 Å². The minimum atomic E-state index is -3.69. The highest BCUT2D eigenvalue weighted by Crippen LogP contribution is 2.25. The first-order valence-corrected chi connectivity index (χ1v) is 12.1. The predicted octanol–water partition coefficient (Wildman–Crippen LogP) is 4.61. The van der Waals surface area contributed by atoms with Crippen molar-refractivity contribution in [3.05, 3.63) is 95.8 Å². The van der Waals surface area contributed by atoms with Crippen molar-refractivity contribution >= 4 is 48.1 Å². The van der Waals surface area contributed by atoms with Crippen molar-refractivity contribution in [2.45, 2.75) is 16.3 Å². The summed E-state index contributed by atoms with van der Waals surface area (Å²) in [4.78, 5) is 21.7. The van der Waals surface area contributed by atoms with Gasteiger partial charge in [-0.3, -0.25) is 14.8 Å². The highest BCUT2D eigenvalue weighted by atomic mass is 32.2. The minimum absolute atomic E-state index is 0.150. The summed E-state index contributed by atoms with van der Waals surface area (Å²) < 4.78 is 27.0. The van der Waals surface area contributed by atoms with Crippen LogP contribution in [0.4, 0.5) is 0 Å². The summed E-state index contributed by atoms with van der Waals surface area (Å²) in [7, 11) is -3.69. The number of para-hydroxylation sites is 1. The molecule has 5 aromatic rings. The van der Waals surface area contributed by atoms with Crippen LogP contribution < -0.4 is 5.32 Å². The molecule has 0 radical (unpaired) electrons. The van der Waals surface area contributed by atoms with Gasteiger partial charge in [0.2, 0.25) is 9.84 Å². The van der Waals surface area contributed by atoms with E-state index >= 15 is 0 Å². The van der Waals surface area contributed by atoms with E-state index in [2.05, 4.69) is 15.3 Å². The van der Waals surface area contributed by atoms with Gasteiger partial charge >= 0.3 is 0 Å². The Kier molecular flexibility index (Phi) is 5.16. The molecule has 2 aromatic carbocycles. The summed E-state index contributed by atoms with van der Waals surface area (Å²) in [5, 5.41) is 4.63. The predicted molar refractivity (Wildman–Crippen MR) is 124 cm³/mol. The van der Waals surface area contributed by atoms with Gasteiger partial charge in [-0.15, -0.1) is 11.3 Å². The van der Waals surface area contributed by atoms with Gasteiger partial charge in [0, 0.05) is 30.5 Å². The summed E-state index contributed by atoms with van der Waals surface area (Å²) in [6.45, 7) is 0.295. The number of nitrogens with zero attached hydrogens (tertiary/aromatic N) is 2. The second kappa shape index (κ2) is 8.14. The van der Waals surface area contributed by atoms with E-state index in [4.69, 9.17) is 0 Å². The second-order valence-electron chi connectivity index (χ2n) is 7.22. The third-order valence-corrected chi connectivity index (χ3v) is 7.93. The van der Waals surface area contributed by atoms with E-state index in [1.807, 2.05) is 36.4 Å². The van der Waals surface area contributed by atoms with Gasteiger partial charge in [0.15, 0.2) is 0 Å². The van der Waals surface area contributed by atoms with Crippen molar-refractivity contribution in [3.63, 3.8) is 0 Å². The number of rotatable bonds is 5. The van der Waals surface area contributed by atoms with E-state index in [9.17, 15) is 13.2 Å². The number of benzene rings is 2. The molecule has 0 aliphatic heterocycles. The molecule has 1 N–H and O–H groups in total. The van der Waals surface area contributed by atoms with E-state index in [1.54, 1.807) is 42.7 Å². The molecule has 8 heteroatoms. The van der Waals surface area contributed by atoms with Gasteiger partial charge in [-0.05, 0) is 47.3 Å². The average molecular weight is 460 g/mol. The number of hydrogen-bond donors (Lipinski definition) is 1. The zero-order valence-corrected chi connectivity index (χ0v) is 18.4. The van der Waals surface area contributed by atoms with Crippen molar-refractivity contribution < 1.29 is 13.2 Å². The van der Waals surface area contributed by atoms with Crippen LogP contribution in [0.15, 0.2) is 95.1 Å². The maximum absolute atomic E-state index is 13.0. The van der Waals surface area contributed by atoms with Gasteiger partial charge in [0.05, 0.1) is 24.9 Å². The molecule has 158 valence electrons. The maximum atomic E-state index is 13.0. The number of carbonyl (C=O) groups is 1. The molecule has 0 fully saturated rings. The van der Waals surface area contributed by atoms with Crippen LogP contribution in [0.25, 0.3) is 21.0 Å². The van der Waals surface area contributed by atoms with E-state index in [-0.39, 0.29) is 15.7 Å². The lowest BCUT2D eigenvalue weighted by Gasteiger charge is -2.08. The number of thiophene rings is 1. The zero-order valence-electron chi connectivity index (χ0n) is 16.7. The van der Waals surface area contributed by atoms with Gasteiger partial charge in [0.25, 0.3) is 5.91 Å². The number of amides is 1. The first-order valence-electron chi connectivity index (χ1n) is 9.81. The molecule has 5 rings (SSSR count). The number of hydrogen-bond acceptors (Lipinski definition) is 6. The molecule has 32 heavy (non-hydrogen) atoms. The van der Waals surface area contributed by atoms with Gasteiger partial charge in [0.1, 0.15) is 0 Å². The molecule has 0 aliphatic rings. The van der Waals surface area contributed by atoms with Crippen molar-refractivity contribution in [3.8, 4) is 0 Å². The van der Waals surface area contributed by atoms with Gasteiger partial charge in [-0.1, -0.05) is 30.3 Å². The molecule has 0 bridgehead atoms. The fraction of sp³-hybridized carbons (Fsp3) is 0.0417. The fourth-order valence-corrected chi connectivity index (χ4v) is 5.57. The van der Waals surface area contributed by atoms with Gasteiger partial charge in [-0.25, -0.2) is 8.42 Å². The van der Waals surface area contributed by atoms with Crippen LogP contribution in [0.1, 0.15) is 15.2 Å². The molecule has 3 aromatic heterocycles. The molecule has 6 nitrogen and oxygen atoms in total. The summed E-state index contributed by atoms with van der Waals surface area (Å²) in [6.07, 6.45) is 4.81. The SMILES string of the molecule is O=C(NCc1ccc(S(=O)(=O)c2cnc3ccccc3c2)cc1)c1cc2ccncc2s1. The molecule has 1 amide bonds. The number of aromatic nitrogens is 2. The van der Waals surface area contributed by atoms with Crippen molar-refractivity contribution in [1.82, 2.24) is 15.3 Å². The third kappa shape index (κ3) is 3.86. The lowest BCUT2D eigenvalue weighted by atomic mass is 10.2. The molecule has 0 saturated carbocycles. The highest BCUT2D eigenvalue weighted by Gasteiger charge is 2.18. The average Bonchev–Trinajstić information content (AvgIpc) is 3.27. The molecule has 0 atom stereocenters. The monoisotopic (exact) mass is 459 g/mol. The standard InChI is InChI=1S/C24H17N3O3S2/c28-24(22-12-18-9-10-25-15-23(18)31-22)27-13-16-5-7-19(8-6-16)32(29,30)20-11-17-3-1-2-4-21(17)26-14-20/h1-12,14-15H,13H2,(H,27,28). The van der Waals surface area contributed by atoms with Crippen LogP contribution in [-0.2, 0) is 16.4 Å². The number of sulfone groups is 1. The van der Waals surface area contributed by atoms with Crippen LogP contribution in [0.2, 0.25) is 0 Å². The Balaban J connectivity index is 1.31. The highest BCUT2D eigenvalue weighted by molar-refractivity contribution is 7.91. The molecular weight excluding hydrogens is 442 g/mol. The Morgan fingerprint density at radius 3 is 2.53 bits per heavy atom. The zero-order chi connectivity index (χ0) is 22.1. The first-order chi connectivity index (χ1) is 15.5. The van der Waals surface area contributed by atoms with Crippen molar-refractivity contribution in [1.29, 1.82) is 0 Å². The number of nitrogens with one attached hydrogen (secondary N) is 1. The normalized spacial score (nSPS) is 11.6. The second-order valence-corrected chi connectivity index (χ2v) is 10.3. The third-order valence-electron chi connectivity index (χ3n) is 5.11. The van der Waals surface area contributed by atoms with Crippen LogP contribution >= 0.6 is 11.3 Å². The first kappa shape index (κ1) is 20.3. The molecule has 0 spiro atoms. The van der Waals surface area contributed by atoms with Crippen LogP contribution in [-0.4, -0.2) is 24.3 Å². The summed E-state index contributed by atoms with van der Waals surface area (Å²) in [6, 6.07) is 19.2. The Hall–Kier alpha value is -3.62. The summed E-state index contributed by atoms with van der Waals surface area (Å²) in [5.41, 5.74) is 1.55. The molecule has 0 aliphatic carbocycles. The minimum Gasteiger partial charge on any atom is -0.347 e. The Morgan fingerprint density at radius 1 is 0.906 bits per heavy atom. The van der Waals surface area contributed by atoms with Crippen LogP contribution in [0, 0.1) is 0 Å². The Morgan fingerprint density at radius 2 is 1.72 bits per heavy atom. The Bertz CT molecular complexity index is 1530. The molecule has 0 unspecified atom stereocenters. The largest absolute Gasteiger partial charge is 0.347 e. The smallest absolute Gasteiger partial charge is 0.261 e. The maximum Gasteiger partial charge on any atom is 0.261 e. The Labute approximate surface area is 188 Å². The molecular formula is C24H17N3O3S2. The van der Waals surface area contributed by atoms with Crippen LogP contribution in [0.3, 0.4) is 0 Å². The molecule has 3 heterocycles. The fourth-order valence-electron chi connectivity index (χ4n) is 3.39. The van der Waals surface area contributed by atoms with Gasteiger partial charge < -0.3 is 5.32 Å². The van der Waals surface area contributed by atoms with E-state index in [0.717, 1.165) is 26.6 Å². The lowest BCUT2D eigenvalue weighted by molar-refractivity contribution is 0.0955. The van der Waals surface area contributed by atoms with Crippen LogP contribution in [0.5, 0.6) is 0 Å². The van der Waals surface area contributed by atoms with E-state index in [1.165, 1.54) is 17.5 Å². The van der Waals surface area contributed by atoms with Crippen molar-refractivity contribution in [2.24, 2.45) is 0 Å². The quantitative estimate of drug-likeness (QED) is 0.415. The van der Waals surface area contributed by atoms with Crippen molar-refractivity contribution in [2.75, 3.05) is 0 Å². The number of pyridine rings is 2. The summed E-state index contributed by atoms with van der Waals surface area (Å²) >= 11 is 1.38. The van der Waals surface area contributed by atoms with E-state index < -0.39 is 9.84 Å². The summed E-state index contributed by atoms with van der Waals surface area (Å²) in [5.74, 6) is -0.176. The number of carbonyl (C=O) groups excluding carboxylic acids is 1. The lowest BCUT2D eigenvalue weighted by Crippen LogP contribution is -2.21.